The zero-order valence-corrected chi connectivity index (χ0v) is 16.0. The summed E-state index contributed by atoms with van der Waals surface area (Å²) >= 11 is 0. The van der Waals surface area contributed by atoms with Gasteiger partial charge < -0.3 is 15.0 Å². The molecule has 3 rings (SSSR count). The third-order valence-corrected chi connectivity index (χ3v) is 4.74. The van der Waals surface area contributed by atoms with Crippen LogP contribution in [0.5, 0.6) is 5.75 Å². The number of hydrogen-bond donors (Lipinski definition) is 1. The number of para-hydroxylation sites is 1. The lowest BCUT2D eigenvalue weighted by atomic mass is 10.2. The molecular formula is C22H27N3O3. The molecule has 1 heterocycles. The average Bonchev–Trinajstić information content (AvgIpc) is 2.97. The van der Waals surface area contributed by atoms with Gasteiger partial charge in [0.15, 0.2) is 6.61 Å². The van der Waals surface area contributed by atoms with Crippen LogP contribution in [0.2, 0.25) is 0 Å². The molecule has 6 nitrogen and oxygen atoms in total. The highest BCUT2D eigenvalue weighted by Crippen LogP contribution is 2.09. The molecule has 6 heteroatoms. The van der Waals surface area contributed by atoms with E-state index in [1.165, 1.54) is 5.56 Å². The van der Waals surface area contributed by atoms with Crippen molar-refractivity contribution < 1.29 is 14.3 Å². The van der Waals surface area contributed by atoms with E-state index < -0.39 is 0 Å². The summed E-state index contributed by atoms with van der Waals surface area (Å²) in [6, 6.07) is 19.5. The number of carbonyl (C=O) groups excluding carboxylic acids is 2. The van der Waals surface area contributed by atoms with Gasteiger partial charge in [0.2, 0.25) is 5.91 Å². The first kappa shape index (κ1) is 19.9. The van der Waals surface area contributed by atoms with Crippen LogP contribution in [0.25, 0.3) is 0 Å². The van der Waals surface area contributed by atoms with Crippen LogP contribution in [-0.4, -0.2) is 60.9 Å². The lowest BCUT2D eigenvalue weighted by molar-refractivity contribution is -0.133. The molecule has 1 saturated heterocycles. The van der Waals surface area contributed by atoms with Gasteiger partial charge in [-0.2, -0.15) is 0 Å². The molecular weight excluding hydrogens is 354 g/mol. The fourth-order valence-electron chi connectivity index (χ4n) is 3.22. The fourth-order valence-corrected chi connectivity index (χ4v) is 3.22. The normalized spacial score (nSPS) is 14.9. The molecule has 2 aromatic rings. The smallest absolute Gasteiger partial charge is 0.258 e. The largest absolute Gasteiger partial charge is 0.484 e. The third kappa shape index (κ3) is 6.39. The van der Waals surface area contributed by atoms with E-state index in [2.05, 4.69) is 22.3 Å². The molecule has 0 aliphatic carbocycles. The first-order valence-corrected chi connectivity index (χ1v) is 9.69. The highest BCUT2D eigenvalue weighted by molar-refractivity contribution is 5.85. The zero-order valence-electron chi connectivity index (χ0n) is 16.0. The Morgan fingerprint density at radius 2 is 1.61 bits per heavy atom. The van der Waals surface area contributed by atoms with E-state index in [1.807, 2.05) is 41.3 Å². The molecule has 1 aliphatic heterocycles. The Kier molecular flexibility index (Phi) is 7.44. The van der Waals surface area contributed by atoms with E-state index in [0.717, 1.165) is 32.6 Å². The molecule has 0 spiro atoms. The maximum Gasteiger partial charge on any atom is 0.258 e. The molecule has 28 heavy (non-hydrogen) atoms. The Bertz CT molecular complexity index is 752. The Labute approximate surface area is 166 Å². The summed E-state index contributed by atoms with van der Waals surface area (Å²) in [7, 11) is 0. The van der Waals surface area contributed by atoms with Crippen LogP contribution >= 0.6 is 0 Å². The summed E-state index contributed by atoms with van der Waals surface area (Å²) in [5.41, 5.74) is 1.29. The Balaban J connectivity index is 1.38. The van der Waals surface area contributed by atoms with Gasteiger partial charge in [-0.25, -0.2) is 0 Å². The number of hydrogen-bond acceptors (Lipinski definition) is 4. The second-order valence-electron chi connectivity index (χ2n) is 6.87. The van der Waals surface area contributed by atoms with Crippen molar-refractivity contribution in [2.75, 3.05) is 39.3 Å². The number of nitrogens with one attached hydrogen (secondary N) is 1. The van der Waals surface area contributed by atoms with Crippen LogP contribution in [0, 0.1) is 0 Å². The van der Waals surface area contributed by atoms with Gasteiger partial charge in [0.05, 0.1) is 6.54 Å². The molecule has 2 amide bonds. The van der Waals surface area contributed by atoms with Crippen molar-refractivity contribution in [2.45, 2.75) is 13.0 Å². The number of rotatable bonds is 7. The second kappa shape index (κ2) is 10.5. The quantitative estimate of drug-likeness (QED) is 0.796. The summed E-state index contributed by atoms with van der Waals surface area (Å²) in [5.74, 6) is 0.294. The average molecular weight is 381 g/mol. The number of ether oxygens (including phenoxy) is 1. The fraction of sp³-hybridized carbons (Fsp3) is 0.364. The van der Waals surface area contributed by atoms with Crippen molar-refractivity contribution in [3.05, 3.63) is 66.2 Å². The molecule has 148 valence electrons. The van der Waals surface area contributed by atoms with Crippen molar-refractivity contribution in [1.82, 2.24) is 15.1 Å². The molecule has 1 aliphatic rings. The van der Waals surface area contributed by atoms with Crippen LogP contribution in [0.4, 0.5) is 0 Å². The maximum absolute atomic E-state index is 12.4. The predicted molar refractivity (Wildman–Crippen MR) is 108 cm³/mol. The monoisotopic (exact) mass is 381 g/mol. The molecule has 0 atom stereocenters. The van der Waals surface area contributed by atoms with E-state index >= 15 is 0 Å². The highest BCUT2D eigenvalue weighted by atomic mass is 16.5. The van der Waals surface area contributed by atoms with E-state index in [-0.39, 0.29) is 25.0 Å². The highest BCUT2D eigenvalue weighted by Gasteiger charge is 2.19. The molecule has 0 aromatic heterocycles. The van der Waals surface area contributed by atoms with Crippen LogP contribution in [0.3, 0.4) is 0 Å². The first-order chi connectivity index (χ1) is 13.7. The third-order valence-electron chi connectivity index (χ3n) is 4.74. The van der Waals surface area contributed by atoms with Gasteiger partial charge in [0, 0.05) is 32.7 Å². The summed E-state index contributed by atoms with van der Waals surface area (Å²) in [6.45, 7) is 4.03. The minimum atomic E-state index is -0.294. The van der Waals surface area contributed by atoms with Gasteiger partial charge in [-0.15, -0.1) is 0 Å². The SMILES string of the molecule is O=C(COc1ccccc1)NCC(=O)N1CCCN(Cc2ccccc2)CC1. The maximum atomic E-state index is 12.4. The van der Waals surface area contributed by atoms with Crippen LogP contribution in [0.15, 0.2) is 60.7 Å². The van der Waals surface area contributed by atoms with E-state index in [9.17, 15) is 9.59 Å². The number of carbonyl (C=O) groups is 2. The van der Waals surface area contributed by atoms with Gasteiger partial charge in [0.25, 0.3) is 5.91 Å². The molecule has 1 N–H and O–H groups in total. The Morgan fingerprint density at radius 1 is 0.893 bits per heavy atom. The minimum Gasteiger partial charge on any atom is -0.484 e. The number of nitrogens with zero attached hydrogens (tertiary/aromatic N) is 2. The minimum absolute atomic E-state index is 0.00959. The summed E-state index contributed by atoms with van der Waals surface area (Å²) in [6.07, 6.45) is 0.934. The molecule has 0 unspecified atom stereocenters. The Morgan fingerprint density at radius 3 is 2.36 bits per heavy atom. The van der Waals surface area contributed by atoms with Crippen LogP contribution in [0.1, 0.15) is 12.0 Å². The summed E-state index contributed by atoms with van der Waals surface area (Å²) in [5, 5.41) is 2.65. The standard InChI is InChI=1S/C22H27N3O3/c26-21(18-28-20-10-5-2-6-11-20)23-16-22(27)25-13-7-12-24(14-15-25)17-19-8-3-1-4-9-19/h1-6,8-11H,7,12-18H2,(H,23,26). The molecule has 0 saturated carbocycles. The van der Waals surface area contributed by atoms with Gasteiger partial charge >= 0.3 is 0 Å². The van der Waals surface area contributed by atoms with E-state index in [4.69, 9.17) is 4.74 Å². The first-order valence-electron chi connectivity index (χ1n) is 9.69. The lowest BCUT2D eigenvalue weighted by Crippen LogP contribution is -2.43. The number of amides is 2. The van der Waals surface area contributed by atoms with Crippen molar-refractivity contribution >= 4 is 11.8 Å². The lowest BCUT2D eigenvalue weighted by Gasteiger charge is -2.22. The van der Waals surface area contributed by atoms with Crippen molar-refractivity contribution in [2.24, 2.45) is 0 Å². The van der Waals surface area contributed by atoms with Crippen LogP contribution < -0.4 is 10.1 Å². The van der Waals surface area contributed by atoms with Crippen molar-refractivity contribution in [1.29, 1.82) is 0 Å². The zero-order chi connectivity index (χ0) is 19.6. The molecule has 0 radical (unpaired) electrons. The topological polar surface area (TPSA) is 61.9 Å². The van der Waals surface area contributed by atoms with E-state index in [1.54, 1.807) is 12.1 Å². The van der Waals surface area contributed by atoms with Gasteiger partial charge in [0.1, 0.15) is 5.75 Å². The van der Waals surface area contributed by atoms with Gasteiger partial charge in [-0.3, -0.25) is 14.5 Å². The molecule has 1 fully saturated rings. The number of benzene rings is 2. The van der Waals surface area contributed by atoms with Gasteiger partial charge in [-0.1, -0.05) is 48.5 Å². The van der Waals surface area contributed by atoms with Crippen LogP contribution in [-0.2, 0) is 16.1 Å². The molecule has 0 bridgehead atoms. The Hall–Kier alpha value is -2.86. The summed E-state index contributed by atoms with van der Waals surface area (Å²) < 4.78 is 5.39. The van der Waals surface area contributed by atoms with Crippen molar-refractivity contribution in [3.8, 4) is 5.75 Å². The predicted octanol–water partition coefficient (Wildman–Crippen LogP) is 1.92. The van der Waals surface area contributed by atoms with Gasteiger partial charge in [-0.05, 0) is 24.1 Å². The second-order valence-corrected chi connectivity index (χ2v) is 6.87. The summed E-state index contributed by atoms with van der Waals surface area (Å²) in [4.78, 5) is 28.6. The van der Waals surface area contributed by atoms with Crippen molar-refractivity contribution in [3.63, 3.8) is 0 Å². The molecule has 2 aromatic carbocycles. The van der Waals surface area contributed by atoms with E-state index in [0.29, 0.717) is 12.3 Å².